The van der Waals surface area contributed by atoms with E-state index in [4.69, 9.17) is 9.84 Å². The molecule has 0 bridgehead atoms. The fourth-order valence-electron chi connectivity index (χ4n) is 1.72. The summed E-state index contributed by atoms with van der Waals surface area (Å²) in [6.07, 6.45) is 2.15. The van der Waals surface area contributed by atoms with E-state index >= 15 is 0 Å². The number of hydrogen-bond acceptors (Lipinski definition) is 3. The summed E-state index contributed by atoms with van der Waals surface area (Å²) in [6.45, 7) is 5.12. The molecule has 0 heterocycles. The van der Waals surface area contributed by atoms with Crippen molar-refractivity contribution in [2.45, 2.75) is 26.7 Å². The van der Waals surface area contributed by atoms with Crippen molar-refractivity contribution < 1.29 is 14.6 Å². The Hall–Kier alpha value is -1.71. The van der Waals surface area contributed by atoms with Gasteiger partial charge in [0.15, 0.2) is 0 Å². The Morgan fingerprint density at radius 1 is 1.44 bits per heavy atom. The first-order valence-electron chi connectivity index (χ1n) is 6.19. The summed E-state index contributed by atoms with van der Waals surface area (Å²) in [5.41, 5.74) is 0.894. The fraction of sp³-hybridized carbons (Fsp3) is 0.500. The lowest BCUT2D eigenvalue weighted by Crippen LogP contribution is -2.08. The van der Waals surface area contributed by atoms with Crippen molar-refractivity contribution in [1.29, 1.82) is 0 Å². The van der Waals surface area contributed by atoms with Crippen molar-refractivity contribution in [3.63, 3.8) is 0 Å². The van der Waals surface area contributed by atoms with Gasteiger partial charge in [0.2, 0.25) is 0 Å². The molecule has 4 nitrogen and oxygen atoms in total. The molecule has 1 rings (SSSR count). The van der Waals surface area contributed by atoms with Crippen molar-refractivity contribution in [1.82, 2.24) is 0 Å². The van der Waals surface area contributed by atoms with Crippen LogP contribution in [0.4, 0.5) is 5.69 Å². The molecule has 0 aliphatic rings. The molecule has 0 spiro atoms. The molecule has 4 heteroatoms. The summed E-state index contributed by atoms with van der Waals surface area (Å²) in [4.78, 5) is 11.1. The van der Waals surface area contributed by atoms with Crippen LogP contribution >= 0.6 is 0 Å². The van der Waals surface area contributed by atoms with Gasteiger partial charge in [0, 0.05) is 12.6 Å². The molecule has 0 atom stereocenters. The van der Waals surface area contributed by atoms with Gasteiger partial charge in [-0.2, -0.15) is 0 Å². The molecule has 0 aromatic heterocycles. The average Bonchev–Trinajstić information content (AvgIpc) is 2.33. The summed E-state index contributed by atoms with van der Waals surface area (Å²) < 4.78 is 5.10. The van der Waals surface area contributed by atoms with Crippen LogP contribution in [0.5, 0.6) is 5.75 Å². The maximum atomic E-state index is 11.1. The van der Waals surface area contributed by atoms with Crippen LogP contribution in [0.1, 0.15) is 37.0 Å². The summed E-state index contributed by atoms with van der Waals surface area (Å²) >= 11 is 0. The van der Waals surface area contributed by atoms with Gasteiger partial charge in [0.25, 0.3) is 0 Å². The van der Waals surface area contributed by atoms with E-state index in [2.05, 4.69) is 19.2 Å². The molecule has 0 amide bonds. The molecular formula is C14H21NO3. The molecule has 0 saturated carbocycles. The van der Waals surface area contributed by atoms with Crippen LogP contribution in [0.3, 0.4) is 0 Å². The maximum absolute atomic E-state index is 11.1. The van der Waals surface area contributed by atoms with E-state index in [1.165, 1.54) is 0 Å². The quantitative estimate of drug-likeness (QED) is 0.730. The summed E-state index contributed by atoms with van der Waals surface area (Å²) in [6, 6.07) is 4.94. The average molecular weight is 251 g/mol. The Morgan fingerprint density at radius 2 is 2.17 bits per heavy atom. The fourth-order valence-corrected chi connectivity index (χ4v) is 1.72. The molecule has 2 N–H and O–H groups in total. The Bertz CT molecular complexity index is 402. The van der Waals surface area contributed by atoms with Gasteiger partial charge in [0.05, 0.1) is 18.4 Å². The Morgan fingerprint density at radius 3 is 2.72 bits per heavy atom. The number of benzene rings is 1. The van der Waals surface area contributed by atoms with Gasteiger partial charge in [0.1, 0.15) is 5.75 Å². The van der Waals surface area contributed by atoms with Gasteiger partial charge in [-0.1, -0.05) is 13.8 Å². The lowest BCUT2D eigenvalue weighted by Gasteiger charge is -2.12. The lowest BCUT2D eigenvalue weighted by molar-refractivity contribution is 0.0698. The number of carbonyl (C=O) groups is 1. The number of nitrogens with one attached hydrogen (secondary N) is 1. The minimum atomic E-state index is -0.927. The van der Waals surface area contributed by atoms with E-state index in [0.717, 1.165) is 19.4 Å². The minimum absolute atomic E-state index is 0.278. The van der Waals surface area contributed by atoms with Gasteiger partial charge in [-0.15, -0.1) is 0 Å². The smallest absolute Gasteiger partial charge is 0.337 e. The van der Waals surface area contributed by atoms with Crippen LogP contribution in [-0.4, -0.2) is 24.7 Å². The van der Waals surface area contributed by atoms with E-state index < -0.39 is 5.97 Å². The summed E-state index contributed by atoms with van der Waals surface area (Å²) in [5, 5.41) is 12.3. The van der Waals surface area contributed by atoms with Crippen molar-refractivity contribution >= 4 is 11.7 Å². The van der Waals surface area contributed by atoms with Crippen molar-refractivity contribution in [3.05, 3.63) is 23.8 Å². The monoisotopic (exact) mass is 251 g/mol. The van der Waals surface area contributed by atoms with Crippen LogP contribution < -0.4 is 10.1 Å². The summed E-state index contributed by atoms with van der Waals surface area (Å²) in [5.74, 6) is 0.395. The van der Waals surface area contributed by atoms with Gasteiger partial charge in [-0.25, -0.2) is 4.79 Å². The van der Waals surface area contributed by atoms with Gasteiger partial charge in [-0.05, 0) is 30.9 Å². The number of carboxylic acids is 1. The molecule has 18 heavy (non-hydrogen) atoms. The number of methoxy groups -OCH3 is 1. The summed E-state index contributed by atoms with van der Waals surface area (Å²) in [7, 11) is 1.57. The van der Waals surface area contributed by atoms with E-state index in [1.807, 2.05) is 0 Å². The first-order chi connectivity index (χ1) is 8.54. The Labute approximate surface area is 108 Å². The maximum Gasteiger partial charge on any atom is 0.337 e. The number of rotatable bonds is 7. The predicted octanol–water partition coefficient (Wildman–Crippen LogP) is 3.24. The highest BCUT2D eigenvalue weighted by Crippen LogP contribution is 2.22. The predicted molar refractivity (Wildman–Crippen MR) is 72.5 cm³/mol. The molecule has 1 aromatic rings. The van der Waals surface area contributed by atoms with Gasteiger partial charge in [-0.3, -0.25) is 0 Å². The van der Waals surface area contributed by atoms with E-state index in [9.17, 15) is 4.79 Å². The van der Waals surface area contributed by atoms with Crippen LogP contribution in [0.2, 0.25) is 0 Å². The van der Waals surface area contributed by atoms with Gasteiger partial charge >= 0.3 is 5.97 Å². The van der Waals surface area contributed by atoms with Crippen molar-refractivity contribution in [3.8, 4) is 5.75 Å². The Kier molecular flexibility index (Phi) is 5.49. The molecule has 0 aliphatic heterocycles. The molecule has 1 aromatic carbocycles. The Balaban J connectivity index is 2.69. The molecule has 0 unspecified atom stereocenters. The van der Waals surface area contributed by atoms with E-state index in [0.29, 0.717) is 17.4 Å². The van der Waals surface area contributed by atoms with Crippen molar-refractivity contribution in [2.24, 2.45) is 5.92 Å². The number of ether oxygens (including phenoxy) is 1. The topological polar surface area (TPSA) is 58.6 Å². The second-order valence-electron chi connectivity index (χ2n) is 4.68. The second kappa shape index (κ2) is 6.89. The number of hydrogen-bond donors (Lipinski definition) is 2. The van der Waals surface area contributed by atoms with E-state index in [1.54, 1.807) is 25.3 Å². The second-order valence-corrected chi connectivity index (χ2v) is 4.68. The number of carboxylic acid groups (broad SMARTS) is 1. The molecule has 0 fully saturated rings. The largest absolute Gasteiger partial charge is 0.497 e. The molecule has 0 radical (unpaired) electrons. The highest BCUT2D eigenvalue weighted by atomic mass is 16.5. The molecule has 100 valence electrons. The highest BCUT2D eigenvalue weighted by Gasteiger charge is 2.10. The number of aromatic carboxylic acids is 1. The number of anilines is 1. The van der Waals surface area contributed by atoms with Gasteiger partial charge < -0.3 is 15.2 Å². The first kappa shape index (κ1) is 14.4. The third-order valence-electron chi connectivity index (χ3n) is 2.73. The lowest BCUT2D eigenvalue weighted by atomic mass is 10.1. The van der Waals surface area contributed by atoms with Crippen molar-refractivity contribution in [2.75, 3.05) is 19.0 Å². The van der Waals surface area contributed by atoms with E-state index in [-0.39, 0.29) is 5.56 Å². The zero-order chi connectivity index (χ0) is 13.5. The SMILES string of the molecule is COc1ccc(C(=O)O)c(NCCCC(C)C)c1. The van der Waals surface area contributed by atoms with Crippen LogP contribution in [0.15, 0.2) is 18.2 Å². The third-order valence-corrected chi connectivity index (χ3v) is 2.73. The molecule has 0 aliphatic carbocycles. The van der Waals surface area contributed by atoms with Crippen LogP contribution in [-0.2, 0) is 0 Å². The first-order valence-corrected chi connectivity index (χ1v) is 6.19. The normalized spacial score (nSPS) is 10.4. The minimum Gasteiger partial charge on any atom is -0.497 e. The standard InChI is InChI=1S/C14H21NO3/c1-10(2)5-4-8-15-13-9-11(18-3)6-7-12(13)14(16)17/h6-7,9-10,15H,4-5,8H2,1-3H3,(H,16,17). The molecule has 0 saturated heterocycles. The van der Waals surface area contributed by atoms with Crippen LogP contribution in [0.25, 0.3) is 0 Å². The zero-order valence-corrected chi connectivity index (χ0v) is 11.2. The van der Waals surface area contributed by atoms with Crippen LogP contribution in [0, 0.1) is 5.92 Å². The molecular weight excluding hydrogens is 230 g/mol. The third kappa shape index (κ3) is 4.28. The highest BCUT2D eigenvalue weighted by molar-refractivity contribution is 5.94. The zero-order valence-electron chi connectivity index (χ0n) is 11.2.